The summed E-state index contributed by atoms with van der Waals surface area (Å²) in [7, 11) is -0.643. The molecule has 0 spiro atoms. The number of carbonyl (C=O) groups excluding carboxylic acids is 1. The Labute approximate surface area is 187 Å². The first kappa shape index (κ1) is 23.1. The molecule has 0 aromatic heterocycles. The van der Waals surface area contributed by atoms with Crippen LogP contribution in [0.1, 0.15) is 10.4 Å². The van der Waals surface area contributed by atoms with Crippen LogP contribution in [0.25, 0.3) is 0 Å². The van der Waals surface area contributed by atoms with Crippen LogP contribution in [0.5, 0.6) is 11.5 Å². The summed E-state index contributed by atoms with van der Waals surface area (Å²) < 4.78 is 43.1. The number of ether oxygens (including phenoxy) is 3. The van der Waals surface area contributed by atoms with Gasteiger partial charge in [-0.25, -0.2) is 8.42 Å². The molecule has 9 heteroatoms. The number of anilines is 2. The Morgan fingerprint density at radius 2 is 1.38 bits per heavy atom. The second-order valence-electron chi connectivity index (χ2n) is 6.68. The molecule has 32 heavy (non-hydrogen) atoms. The number of methoxy groups -OCH3 is 2. The van der Waals surface area contributed by atoms with Gasteiger partial charge in [0.05, 0.1) is 18.6 Å². The molecule has 3 aromatic carbocycles. The lowest BCUT2D eigenvalue weighted by Crippen LogP contribution is -2.14. The molecule has 2 N–H and O–H groups in total. The number of rotatable bonds is 10. The number of nitrogens with one attached hydrogen (secondary N) is 2. The molecule has 3 rings (SSSR count). The standard InChI is InChI=1S/C23H24N2O6S/c1-29-15-16-31-21-9-3-17(4-10-21)23(26)24-18-7-13-22(14-8-18)32(27,28)25-19-5-11-20(30-2)12-6-19/h3-14,25H,15-16H2,1-2H3,(H,24,26). The molecule has 1 amide bonds. The minimum Gasteiger partial charge on any atom is -0.497 e. The second kappa shape index (κ2) is 10.7. The van der Waals surface area contributed by atoms with Crippen LogP contribution in [0, 0.1) is 0 Å². The van der Waals surface area contributed by atoms with Crippen molar-refractivity contribution in [3.8, 4) is 11.5 Å². The fourth-order valence-corrected chi connectivity index (χ4v) is 3.80. The van der Waals surface area contributed by atoms with Gasteiger partial charge in [-0.2, -0.15) is 0 Å². The van der Waals surface area contributed by atoms with Crippen molar-refractivity contribution in [2.45, 2.75) is 4.90 Å². The van der Waals surface area contributed by atoms with Crippen molar-refractivity contribution in [2.75, 3.05) is 37.5 Å². The number of carbonyl (C=O) groups is 1. The monoisotopic (exact) mass is 456 g/mol. The van der Waals surface area contributed by atoms with Gasteiger partial charge < -0.3 is 19.5 Å². The Morgan fingerprint density at radius 1 is 0.781 bits per heavy atom. The zero-order chi connectivity index (χ0) is 23.0. The summed E-state index contributed by atoms with van der Waals surface area (Å²) in [6, 6.07) is 19.1. The Balaban J connectivity index is 1.61. The zero-order valence-electron chi connectivity index (χ0n) is 17.7. The second-order valence-corrected chi connectivity index (χ2v) is 8.36. The van der Waals surface area contributed by atoms with E-state index in [-0.39, 0.29) is 10.8 Å². The van der Waals surface area contributed by atoms with Gasteiger partial charge in [0.15, 0.2) is 0 Å². The van der Waals surface area contributed by atoms with E-state index in [4.69, 9.17) is 14.2 Å². The molecule has 0 heterocycles. The van der Waals surface area contributed by atoms with Crippen molar-refractivity contribution in [1.82, 2.24) is 0 Å². The Kier molecular flexibility index (Phi) is 7.69. The number of sulfonamides is 1. The quantitative estimate of drug-likeness (QED) is 0.450. The molecule has 0 atom stereocenters. The molecular weight excluding hydrogens is 432 g/mol. The van der Waals surface area contributed by atoms with Crippen LogP contribution in [0.15, 0.2) is 77.7 Å². The lowest BCUT2D eigenvalue weighted by Gasteiger charge is -2.10. The first-order valence-corrected chi connectivity index (χ1v) is 11.2. The largest absolute Gasteiger partial charge is 0.497 e. The van der Waals surface area contributed by atoms with Crippen LogP contribution in [0.2, 0.25) is 0 Å². The maximum atomic E-state index is 12.6. The minimum absolute atomic E-state index is 0.0730. The molecule has 0 aliphatic rings. The molecule has 0 saturated carbocycles. The van der Waals surface area contributed by atoms with Gasteiger partial charge in [0.25, 0.3) is 15.9 Å². The van der Waals surface area contributed by atoms with Crippen molar-refractivity contribution in [1.29, 1.82) is 0 Å². The fourth-order valence-electron chi connectivity index (χ4n) is 2.74. The molecular formula is C23H24N2O6S. The Hall–Kier alpha value is -3.56. The lowest BCUT2D eigenvalue weighted by atomic mass is 10.2. The SMILES string of the molecule is COCCOc1ccc(C(=O)Nc2ccc(S(=O)(=O)Nc3ccc(OC)cc3)cc2)cc1. The zero-order valence-corrected chi connectivity index (χ0v) is 18.5. The van der Waals surface area contributed by atoms with E-state index in [1.165, 1.54) is 31.4 Å². The molecule has 0 aliphatic heterocycles. The number of amides is 1. The molecule has 8 nitrogen and oxygen atoms in total. The smallest absolute Gasteiger partial charge is 0.261 e. The van der Waals surface area contributed by atoms with Crippen molar-refractivity contribution in [2.24, 2.45) is 0 Å². The van der Waals surface area contributed by atoms with E-state index in [1.807, 2.05) is 0 Å². The molecule has 0 unspecified atom stereocenters. The molecule has 0 aliphatic carbocycles. The first-order valence-electron chi connectivity index (χ1n) is 9.71. The summed E-state index contributed by atoms with van der Waals surface area (Å²) in [5.74, 6) is 0.944. The highest BCUT2D eigenvalue weighted by molar-refractivity contribution is 7.92. The van der Waals surface area contributed by atoms with E-state index in [2.05, 4.69) is 10.0 Å². The molecule has 168 valence electrons. The van der Waals surface area contributed by atoms with Crippen molar-refractivity contribution in [3.63, 3.8) is 0 Å². The van der Waals surface area contributed by atoms with Crippen LogP contribution in [0.3, 0.4) is 0 Å². The Bertz CT molecular complexity index is 1130. The summed E-state index contributed by atoms with van der Waals surface area (Å²) in [6.45, 7) is 0.897. The molecule has 0 fully saturated rings. The van der Waals surface area contributed by atoms with Crippen molar-refractivity contribution >= 4 is 27.3 Å². The average molecular weight is 457 g/mol. The van der Waals surface area contributed by atoms with Gasteiger partial charge in [0.2, 0.25) is 0 Å². The maximum absolute atomic E-state index is 12.6. The van der Waals surface area contributed by atoms with Crippen LogP contribution in [0.4, 0.5) is 11.4 Å². The van der Waals surface area contributed by atoms with E-state index < -0.39 is 10.0 Å². The van der Waals surface area contributed by atoms with Gasteiger partial charge in [-0.05, 0) is 72.8 Å². The Morgan fingerprint density at radius 3 is 1.97 bits per heavy atom. The van der Waals surface area contributed by atoms with Crippen molar-refractivity contribution < 1.29 is 27.4 Å². The first-order chi connectivity index (χ1) is 15.4. The third kappa shape index (κ3) is 6.22. The van der Waals surface area contributed by atoms with Crippen LogP contribution >= 0.6 is 0 Å². The summed E-state index contributed by atoms with van der Waals surface area (Å²) in [5, 5.41) is 2.74. The number of hydrogen-bond donors (Lipinski definition) is 2. The van der Waals surface area contributed by atoms with Gasteiger partial charge in [0, 0.05) is 24.0 Å². The topological polar surface area (TPSA) is 103 Å². The molecule has 0 saturated heterocycles. The highest BCUT2D eigenvalue weighted by atomic mass is 32.2. The maximum Gasteiger partial charge on any atom is 0.261 e. The normalized spacial score (nSPS) is 10.9. The van der Waals surface area contributed by atoms with E-state index in [0.717, 1.165) is 0 Å². The van der Waals surface area contributed by atoms with Crippen LogP contribution in [-0.4, -0.2) is 41.8 Å². The number of hydrogen-bond acceptors (Lipinski definition) is 6. The lowest BCUT2D eigenvalue weighted by molar-refractivity contribution is 0.102. The fraction of sp³-hybridized carbons (Fsp3) is 0.174. The predicted molar refractivity (Wildman–Crippen MR) is 122 cm³/mol. The summed E-state index contributed by atoms with van der Waals surface area (Å²) >= 11 is 0. The van der Waals surface area contributed by atoms with Crippen LogP contribution in [-0.2, 0) is 14.8 Å². The summed E-state index contributed by atoms with van der Waals surface area (Å²) in [5.41, 5.74) is 1.33. The molecule has 3 aromatic rings. The molecule has 0 radical (unpaired) electrons. The van der Waals surface area contributed by atoms with Gasteiger partial charge in [-0.15, -0.1) is 0 Å². The highest BCUT2D eigenvalue weighted by Gasteiger charge is 2.15. The van der Waals surface area contributed by atoms with E-state index >= 15 is 0 Å². The third-order valence-electron chi connectivity index (χ3n) is 4.44. The van der Waals surface area contributed by atoms with E-state index in [0.29, 0.717) is 41.7 Å². The van der Waals surface area contributed by atoms with Crippen LogP contribution < -0.4 is 19.5 Å². The number of benzene rings is 3. The third-order valence-corrected chi connectivity index (χ3v) is 5.83. The summed E-state index contributed by atoms with van der Waals surface area (Å²) in [6.07, 6.45) is 0. The van der Waals surface area contributed by atoms with Gasteiger partial charge >= 0.3 is 0 Å². The summed E-state index contributed by atoms with van der Waals surface area (Å²) in [4.78, 5) is 12.5. The van der Waals surface area contributed by atoms with E-state index in [1.54, 1.807) is 55.6 Å². The predicted octanol–water partition coefficient (Wildman–Crippen LogP) is 3.77. The van der Waals surface area contributed by atoms with Gasteiger partial charge in [0.1, 0.15) is 18.1 Å². The average Bonchev–Trinajstić information content (AvgIpc) is 2.80. The van der Waals surface area contributed by atoms with Gasteiger partial charge in [-0.1, -0.05) is 0 Å². The van der Waals surface area contributed by atoms with Gasteiger partial charge in [-0.3, -0.25) is 9.52 Å². The molecule has 0 bridgehead atoms. The highest BCUT2D eigenvalue weighted by Crippen LogP contribution is 2.21. The van der Waals surface area contributed by atoms with Crippen molar-refractivity contribution in [3.05, 3.63) is 78.4 Å². The minimum atomic E-state index is -3.77. The van der Waals surface area contributed by atoms with E-state index in [9.17, 15) is 13.2 Å².